The number of ether oxygens (including phenoxy) is 1. The lowest BCUT2D eigenvalue weighted by molar-refractivity contribution is -0.138. The van der Waals surface area contributed by atoms with Gasteiger partial charge in [-0.3, -0.25) is 4.99 Å². The zero-order chi connectivity index (χ0) is 29.9. The Bertz CT molecular complexity index is 1350. The predicted molar refractivity (Wildman–Crippen MR) is 151 cm³/mol. The first kappa shape index (κ1) is 32.0. The fourth-order valence-corrected chi connectivity index (χ4v) is 3.43. The number of halogens is 4. The SMILES string of the molecule is C=C(CCC)Nc1cc(Oc2ccnc(/C(C=NC)=C/C(C)C)n2)ccc1F.Cc1ccc(O)c(C(F)(F)F)c1. The summed E-state index contributed by atoms with van der Waals surface area (Å²) in [5.41, 5.74) is 1.39. The maximum absolute atomic E-state index is 14.1. The first-order valence-electron chi connectivity index (χ1n) is 12.6. The van der Waals surface area contributed by atoms with Gasteiger partial charge in [-0.2, -0.15) is 18.2 Å². The molecular formula is C30H34F4N4O2. The molecule has 0 amide bonds. The number of alkyl halides is 3. The summed E-state index contributed by atoms with van der Waals surface area (Å²) in [5.74, 6) is 0.588. The number of aromatic nitrogens is 2. The molecule has 0 aliphatic rings. The predicted octanol–water partition coefficient (Wildman–Crippen LogP) is 8.59. The molecule has 3 aromatic rings. The lowest BCUT2D eigenvalue weighted by Crippen LogP contribution is -2.05. The van der Waals surface area contributed by atoms with Gasteiger partial charge < -0.3 is 15.2 Å². The van der Waals surface area contributed by atoms with Crippen LogP contribution in [0, 0.1) is 18.7 Å². The molecule has 0 spiro atoms. The van der Waals surface area contributed by atoms with Crippen LogP contribution in [-0.2, 0) is 6.18 Å². The smallest absolute Gasteiger partial charge is 0.419 e. The third-order valence-electron chi connectivity index (χ3n) is 5.15. The average molecular weight is 559 g/mol. The van der Waals surface area contributed by atoms with E-state index in [2.05, 4.69) is 40.7 Å². The Kier molecular flexibility index (Phi) is 11.8. The fourth-order valence-electron chi connectivity index (χ4n) is 3.43. The third kappa shape index (κ3) is 10.2. The molecule has 0 aliphatic heterocycles. The standard InChI is InChI=1S/C22H27FN4O.C8H7F3O/c1-6-7-16(4)26-20-13-18(8-9-19(20)23)28-21-10-11-25-22(27-21)17(14-24-5)12-15(2)3;1-5-2-3-7(12)6(4-5)8(9,10)11/h8-15,26H,4,6-7H2,1-3,5H3;2-4,12H,1H3/b17-12+,24-14?;. The van der Waals surface area contributed by atoms with Crippen LogP contribution in [-0.4, -0.2) is 28.3 Å². The summed E-state index contributed by atoms with van der Waals surface area (Å²) >= 11 is 0. The Balaban J connectivity index is 0.000000389. The van der Waals surface area contributed by atoms with E-state index in [1.165, 1.54) is 19.1 Å². The van der Waals surface area contributed by atoms with E-state index in [0.717, 1.165) is 36.2 Å². The van der Waals surface area contributed by atoms with Gasteiger partial charge in [-0.15, -0.1) is 0 Å². The van der Waals surface area contributed by atoms with E-state index in [1.807, 2.05) is 13.0 Å². The van der Waals surface area contributed by atoms with Gasteiger partial charge >= 0.3 is 6.18 Å². The molecule has 10 heteroatoms. The minimum Gasteiger partial charge on any atom is -0.507 e. The minimum atomic E-state index is -4.48. The molecule has 0 aliphatic carbocycles. The first-order valence-corrected chi connectivity index (χ1v) is 12.6. The highest BCUT2D eigenvalue weighted by Gasteiger charge is 2.33. The Hall–Kier alpha value is -4.21. The second-order valence-corrected chi connectivity index (χ2v) is 9.21. The van der Waals surface area contributed by atoms with Crippen LogP contribution >= 0.6 is 0 Å². The van der Waals surface area contributed by atoms with E-state index in [9.17, 15) is 17.6 Å². The van der Waals surface area contributed by atoms with Crippen LogP contribution in [0.25, 0.3) is 5.57 Å². The number of hydrogen-bond acceptors (Lipinski definition) is 6. The maximum Gasteiger partial charge on any atom is 0.419 e. The van der Waals surface area contributed by atoms with E-state index in [1.54, 1.807) is 37.7 Å². The summed E-state index contributed by atoms with van der Waals surface area (Å²) < 4.78 is 56.1. The summed E-state index contributed by atoms with van der Waals surface area (Å²) in [5, 5.41) is 11.8. The van der Waals surface area contributed by atoms with Gasteiger partial charge in [0.05, 0.1) is 11.3 Å². The molecule has 2 aromatic carbocycles. The van der Waals surface area contributed by atoms with Crippen molar-refractivity contribution >= 4 is 17.5 Å². The zero-order valence-corrected chi connectivity index (χ0v) is 23.2. The van der Waals surface area contributed by atoms with Gasteiger partial charge in [-0.25, -0.2) is 9.37 Å². The number of aryl methyl sites for hydroxylation is 1. The van der Waals surface area contributed by atoms with E-state index < -0.39 is 17.5 Å². The largest absolute Gasteiger partial charge is 0.507 e. The first-order chi connectivity index (χ1) is 18.8. The minimum absolute atomic E-state index is 0.322. The second kappa shape index (κ2) is 14.8. The van der Waals surface area contributed by atoms with E-state index >= 15 is 0 Å². The summed E-state index contributed by atoms with van der Waals surface area (Å²) in [7, 11) is 1.70. The molecule has 214 valence electrons. The number of aliphatic imine (C=N–C) groups is 1. The Morgan fingerprint density at radius 1 is 1.18 bits per heavy atom. The summed E-state index contributed by atoms with van der Waals surface area (Å²) in [6.07, 6.45) is 2.60. The summed E-state index contributed by atoms with van der Waals surface area (Å²) in [6.45, 7) is 11.6. The lowest BCUT2D eigenvalue weighted by atomic mass is 10.1. The van der Waals surface area contributed by atoms with Crippen molar-refractivity contribution in [3.63, 3.8) is 0 Å². The molecule has 0 radical (unpaired) electrons. The normalized spacial score (nSPS) is 11.8. The number of nitrogens with zero attached hydrogens (tertiary/aromatic N) is 3. The molecule has 2 N–H and O–H groups in total. The number of anilines is 1. The number of hydrogen-bond donors (Lipinski definition) is 2. The fraction of sp³-hybridized carbons (Fsp3) is 0.300. The van der Waals surface area contributed by atoms with Gasteiger partial charge in [0.2, 0.25) is 5.88 Å². The molecule has 0 atom stereocenters. The van der Waals surface area contributed by atoms with Crippen molar-refractivity contribution in [2.75, 3.05) is 12.4 Å². The van der Waals surface area contributed by atoms with Crippen molar-refractivity contribution in [1.29, 1.82) is 0 Å². The van der Waals surface area contributed by atoms with Crippen LogP contribution in [0.1, 0.15) is 50.6 Å². The van der Waals surface area contributed by atoms with Gasteiger partial charge in [0.1, 0.15) is 17.3 Å². The maximum atomic E-state index is 14.1. The molecule has 1 heterocycles. The van der Waals surface area contributed by atoms with E-state index in [4.69, 9.17) is 9.84 Å². The van der Waals surface area contributed by atoms with Gasteiger partial charge in [0.25, 0.3) is 0 Å². The van der Waals surface area contributed by atoms with Gasteiger partial charge in [0.15, 0.2) is 5.82 Å². The molecule has 0 unspecified atom stereocenters. The number of rotatable bonds is 9. The number of phenolic OH excluding ortho intramolecular Hbond substituents is 1. The highest BCUT2D eigenvalue weighted by atomic mass is 19.4. The highest BCUT2D eigenvalue weighted by Crippen LogP contribution is 2.35. The van der Waals surface area contributed by atoms with Crippen LogP contribution in [0.4, 0.5) is 23.2 Å². The lowest BCUT2D eigenvalue weighted by Gasteiger charge is -2.12. The van der Waals surface area contributed by atoms with Crippen LogP contribution < -0.4 is 10.1 Å². The van der Waals surface area contributed by atoms with Crippen molar-refractivity contribution in [2.45, 2.75) is 46.7 Å². The third-order valence-corrected chi connectivity index (χ3v) is 5.15. The average Bonchev–Trinajstić information content (AvgIpc) is 2.87. The topological polar surface area (TPSA) is 79.6 Å². The number of aromatic hydroxyl groups is 1. The molecular weight excluding hydrogens is 524 g/mol. The molecule has 0 saturated carbocycles. The quantitative estimate of drug-likeness (QED) is 0.203. The summed E-state index contributed by atoms with van der Waals surface area (Å²) in [6, 6.07) is 9.54. The number of benzene rings is 2. The van der Waals surface area contributed by atoms with Crippen LogP contribution in [0.3, 0.4) is 0 Å². The van der Waals surface area contributed by atoms with Crippen molar-refractivity contribution in [1.82, 2.24) is 9.97 Å². The number of nitrogens with one attached hydrogen (secondary N) is 1. The second-order valence-electron chi connectivity index (χ2n) is 9.21. The highest BCUT2D eigenvalue weighted by molar-refractivity contribution is 6.08. The van der Waals surface area contributed by atoms with Crippen LogP contribution in [0.15, 0.2) is 72.0 Å². The Morgan fingerprint density at radius 3 is 2.50 bits per heavy atom. The molecule has 1 aromatic heterocycles. The van der Waals surface area contributed by atoms with E-state index in [-0.39, 0.29) is 5.82 Å². The molecule has 0 saturated heterocycles. The van der Waals surface area contributed by atoms with Crippen molar-refractivity contribution < 1.29 is 27.4 Å². The molecule has 0 fully saturated rings. The Labute approximate surface area is 232 Å². The van der Waals surface area contributed by atoms with E-state index in [0.29, 0.717) is 34.6 Å². The Morgan fingerprint density at radius 2 is 1.90 bits per heavy atom. The monoisotopic (exact) mass is 558 g/mol. The number of phenols is 1. The number of allylic oxidation sites excluding steroid dienone is 3. The molecule has 6 nitrogen and oxygen atoms in total. The van der Waals surface area contributed by atoms with Crippen molar-refractivity contribution in [3.05, 3.63) is 89.8 Å². The van der Waals surface area contributed by atoms with Crippen LogP contribution in [0.5, 0.6) is 17.4 Å². The molecule has 0 bridgehead atoms. The molecule has 3 rings (SSSR count). The van der Waals surface area contributed by atoms with Crippen molar-refractivity contribution in [3.8, 4) is 17.4 Å². The van der Waals surface area contributed by atoms with Crippen LogP contribution in [0.2, 0.25) is 0 Å². The van der Waals surface area contributed by atoms with Gasteiger partial charge in [-0.1, -0.05) is 51.5 Å². The summed E-state index contributed by atoms with van der Waals surface area (Å²) in [4.78, 5) is 12.8. The van der Waals surface area contributed by atoms with Gasteiger partial charge in [-0.05, 0) is 43.5 Å². The molecule has 40 heavy (non-hydrogen) atoms. The van der Waals surface area contributed by atoms with Gasteiger partial charge in [0, 0.05) is 42.9 Å². The zero-order valence-electron chi connectivity index (χ0n) is 23.2. The van der Waals surface area contributed by atoms with Crippen molar-refractivity contribution in [2.24, 2.45) is 10.9 Å².